The van der Waals surface area contributed by atoms with Crippen LogP contribution in [0.15, 0.2) is 24.4 Å². The molecule has 39 heavy (non-hydrogen) atoms. The third-order valence-electron chi connectivity index (χ3n) is 6.76. The lowest BCUT2D eigenvalue weighted by molar-refractivity contribution is -0.140. The lowest BCUT2D eigenvalue weighted by Gasteiger charge is -2.31. The average Bonchev–Trinajstić information content (AvgIpc) is 3.43. The van der Waals surface area contributed by atoms with Crippen LogP contribution in [0.4, 0.5) is 36.7 Å². The van der Waals surface area contributed by atoms with E-state index in [1.807, 2.05) is 0 Å². The van der Waals surface area contributed by atoms with Gasteiger partial charge in [0.25, 0.3) is 11.8 Å². The van der Waals surface area contributed by atoms with Gasteiger partial charge in [-0.15, -0.1) is 0 Å². The highest BCUT2D eigenvalue weighted by molar-refractivity contribution is 6.02. The number of aromatic nitrogens is 2. The summed E-state index contributed by atoms with van der Waals surface area (Å²) >= 11 is 0. The fourth-order valence-corrected chi connectivity index (χ4v) is 4.75. The van der Waals surface area contributed by atoms with Crippen LogP contribution in [0, 0.1) is 0 Å². The van der Waals surface area contributed by atoms with E-state index in [-0.39, 0.29) is 42.5 Å². The van der Waals surface area contributed by atoms with Crippen LogP contribution in [-0.2, 0) is 4.79 Å². The standard InChI is InChI=1S/C25H31F2N7O5/c1-33-18-13-30-23(32-20(18)34(16-6-3-4-7-16)14-25(26,27)22(33)36)31-17-9-8-15(12-19(17)39-2)21(35)28-10-5-11-29-24(37)38/h8-9,12-13,16,29H,3-7,10-11,14H2,1-2H3,(H,28,35)(H,37,38)(H,30,31,32). The number of ether oxygens (including phenoxy) is 1. The van der Waals surface area contributed by atoms with Gasteiger partial charge in [0.2, 0.25) is 5.95 Å². The minimum absolute atomic E-state index is 0.115. The Kier molecular flexibility index (Phi) is 8.31. The molecular formula is C25H31F2N7O5. The molecular weight excluding hydrogens is 516 g/mol. The highest BCUT2D eigenvalue weighted by atomic mass is 19.3. The number of benzene rings is 1. The third kappa shape index (κ3) is 6.26. The van der Waals surface area contributed by atoms with Crippen LogP contribution < -0.4 is 30.5 Å². The highest BCUT2D eigenvalue weighted by Gasteiger charge is 2.48. The normalized spacial score (nSPS) is 16.9. The second-order valence-corrected chi connectivity index (χ2v) is 9.42. The number of rotatable bonds is 9. The molecule has 0 saturated heterocycles. The summed E-state index contributed by atoms with van der Waals surface area (Å²) in [7, 11) is 2.72. The zero-order valence-corrected chi connectivity index (χ0v) is 21.7. The molecule has 2 aromatic rings. The zero-order valence-electron chi connectivity index (χ0n) is 21.7. The van der Waals surface area contributed by atoms with Crippen LogP contribution in [-0.4, -0.2) is 78.7 Å². The number of methoxy groups -OCH3 is 1. The number of fused-ring (bicyclic) bond motifs is 1. The first kappa shape index (κ1) is 27.8. The van der Waals surface area contributed by atoms with Crippen LogP contribution in [0.1, 0.15) is 42.5 Å². The number of anilines is 4. The summed E-state index contributed by atoms with van der Waals surface area (Å²) in [5.74, 6) is -4.55. The lowest BCUT2D eigenvalue weighted by atomic mass is 10.1. The second-order valence-electron chi connectivity index (χ2n) is 9.42. The van der Waals surface area contributed by atoms with Crippen LogP contribution in [0.25, 0.3) is 0 Å². The molecule has 0 unspecified atom stereocenters. The maximum Gasteiger partial charge on any atom is 0.404 e. The van der Waals surface area contributed by atoms with Crippen molar-refractivity contribution >= 4 is 41.0 Å². The van der Waals surface area contributed by atoms with Crippen molar-refractivity contribution in [3.8, 4) is 5.75 Å². The Morgan fingerprint density at radius 1 is 1.21 bits per heavy atom. The van der Waals surface area contributed by atoms with Gasteiger partial charge in [-0.2, -0.15) is 13.8 Å². The third-order valence-corrected chi connectivity index (χ3v) is 6.76. The van der Waals surface area contributed by atoms with Crippen molar-refractivity contribution in [2.45, 2.75) is 44.1 Å². The van der Waals surface area contributed by atoms with Crippen LogP contribution >= 0.6 is 0 Å². The fraction of sp³-hybridized carbons (Fsp3) is 0.480. The van der Waals surface area contributed by atoms with Crippen LogP contribution in [0.5, 0.6) is 5.75 Å². The van der Waals surface area contributed by atoms with Gasteiger partial charge in [0.1, 0.15) is 11.4 Å². The molecule has 12 nitrogen and oxygen atoms in total. The molecule has 1 aromatic heterocycles. The minimum atomic E-state index is -3.57. The van der Waals surface area contributed by atoms with E-state index >= 15 is 0 Å². The quantitative estimate of drug-likeness (QED) is 0.348. The number of carbonyl (C=O) groups excluding carboxylic acids is 2. The SMILES string of the molecule is COc1cc(C(=O)NCCCNC(=O)O)ccc1Nc1ncc2c(n1)N(C1CCCC1)CC(F)(F)C(=O)N2C. The molecule has 0 radical (unpaired) electrons. The van der Waals surface area contributed by atoms with Gasteiger partial charge in [0, 0.05) is 31.7 Å². The van der Waals surface area contributed by atoms with Crippen molar-refractivity contribution in [2.75, 3.05) is 48.9 Å². The molecule has 2 heterocycles. The predicted molar refractivity (Wildman–Crippen MR) is 139 cm³/mol. The van der Waals surface area contributed by atoms with Gasteiger partial charge in [-0.3, -0.25) is 9.59 Å². The highest BCUT2D eigenvalue weighted by Crippen LogP contribution is 2.40. The zero-order chi connectivity index (χ0) is 28.2. The fourth-order valence-electron chi connectivity index (χ4n) is 4.75. The molecule has 0 bridgehead atoms. The van der Waals surface area contributed by atoms with Gasteiger partial charge >= 0.3 is 12.0 Å². The first-order valence-corrected chi connectivity index (χ1v) is 12.6. The van der Waals surface area contributed by atoms with Crippen molar-refractivity contribution in [3.63, 3.8) is 0 Å². The molecule has 0 spiro atoms. The maximum absolute atomic E-state index is 14.8. The molecule has 1 aromatic carbocycles. The van der Waals surface area contributed by atoms with Crippen molar-refractivity contribution in [3.05, 3.63) is 30.0 Å². The Bertz CT molecular complexity index is 1240. The number of nitrogens with one attached hydrogen (secondary N) is 3. The molecule has 1 aliphatic carbocycles. The lowest BCUT2D eigenvalue weighted by Crippen LogP contribution is -2.48. The molecule has 4 rings (SSSR count). The van der Waals surface area contributed by atoms with Crippen LogP contribution in [0.3, 0.4) is 0 Å². The number of hydrogen-bond acceptors (Lipinski definition) is 8. The molecule has 3 amide bonds. The Morgan fingerprint density at radius 2 is 1.92 bits per heavy atom. The average molecular weight is 548 g/mol. The van der Waals surface area contributed by atoms with E-state index in [2.05, 4.69) is 25.9 Å². The largest absolute Gasteiger partial charge is 0.495 e. The Morgan fingerprint density at radius 3 is 2.62 bits per heavy atom. The van der Waals surface area contributed by atoms with E-state index in [9.17, 15) is 23.2 Å². The maximum atomic E-state index is 14.8. The number of nitrogens with zero attached hydrogens (tertiary/aromatic N) is 4. The topological polar surface area (TPSA) is 149 Å². The summed E-state index contributed by atoms with van der Waals surface area (Å²) in [5, 5.41) is 16.5. The van der Waals surface area contributed by atoms with Gasteiger partial charge in [-0.1, -0.05) is 12.8 Å². The van der Waals surface area contributed by atoms with Gasteiger partial charge in [-0.25, -0.2) is 9.78 Å². The molecule has 210 valence electrons. The number of carboxylic acid groups (broad SMARTS) is 1. The Balaban J connectivity index is 1.54. The van der Waals surface area contributed by atoms with Gasteiger partial charge in [0.05, 0.1) is 25.5 Å². The number of hydrogen-bond donors (Lipinski definition) is 4. The summed E-state index contributed by atoms with van der Waals surface area (Å²) in [4.78, 5) is 46.7. The number of halogens is 2. The molecule has 4 N–H and O–H groups in total. The smallest absolute Gasteiger partial charge is 0.404 e. The van der Waals surface area contributed by atoms with E-state index in [1.54, 1.807) is 12.1 Å². The summed E-state index contributed by atoms with van der Waals surface area (Å²) in [6, 6.07) is 4.53. The number of amides is 3. The van der Waals surface area contributed by atoms with Gasteiger partial charge < -0.3 is 35.6 Å². The number of carbonyl (C=O) groups is 3. The monoisotopic (exact) mass is 547 g/mol. The van der Waals surface area contributed by atoms with Crippen molar-refractivity contribution < 1.29 is 33.0 Å². The van der Waals surface area contributed by atoms with E-state index < -0.39 is 24.5 Å². The second kappa shape index (κ2) is 11.7. The molecule has 2 aliphatic rings. The summed E-state index contributed by atoms with van der Waals surface area (Å²) in [6.45, 7) is -0.274. The van der Waals surface area contributed by atoms with Gasteiger partial charge in [-0.05, 0) is 37.5 Å². The van der Waals surface area contributed by atoms with Gasteiger partial charge in [0.15, 0.2) is 5.82 Å². The summed E-state index contributed by atoms with van der Waals surface area (Å²) < 4.78 is 35.0. The Hall–Kier alpha value is -4.23. The van der Waals surface area contributed by atoms with Crippen molar-refractivity contribution in [1.82, 2.24) is 20.6 Å². The Labute approximate surface area is 223 Å². The minimum Gasteiger partial charge on any atom is -0.495 e. The molecule has 1 fully saturated rings. The molecule has 0 atom stereocenters. The van der Waals surface area contributed by atoms with Crippen molar-refractivity contribution in [1.29, 1.82) is 0 Å². The van der Waals surface area contributed by atoms with E-state index in [1.165, 1.54) is 31.3 Å². The van der Waals surface area contributed by atoms with E-state index in [0.717, 1.165) is 30.6 Å². The first-order chi connectivity index (χ1) is 18.6. The molecule has 14 heteroatoms. The number of alkyl halides is 2. The van der Waals surface area contributed by atoms with Crippen molar-refractivity contribution in [2.24, 2.45) is 0 Å². The van der Waals surface area contributed by atoms with Crippen LogP contribution in [0.2, 0.25) is 0 Å². The summed E-state index contributed by atoms with van der Waals surface area (Å²) in [5.41, 5.74) is 0.962. The molecule has 1 aliphatic heterocycles. The first-order valence-electron chi connectivity index (χ1n) is 12.6. The molecule has 1 saturated carbocycles. The summed E-state index contributed by atoms with van der Waals surface area (Å²) in [6.07, 6.45) is 3.93. The predicted octanol–water partition coefficient (Wildman–Crippen LogP) is 2.98. The van der Waals surface area contributed by atoms with E-state index in [4.69, 9.17) is 9.84 Å². The van der Waals surface area contributed by atoms with E-state index in [0.29, 0.717) is 23.4 Å².